The summed E-state index contributed by atoms with van der Waals surface area (Å²) in [6, 6.07) is 8.08. The molecule has 6 nitrogen and oxygen atoms in total. The molecule has 1 amide bonds. The van der Waals surface area contributed by atoms with E-state index in [1.54, 1.807) is 12.1 Å². The van der Waals surface area contributed by atoms with E-state index in [-0.39, 0.29) is 23.3 Å². The van der Waals surface area contributed by atoms with E-state index < -0.39 is 37.7 Å². The van der Waals surface area contributed by atoms with E-state index in [0.29, 0.717) is 48.4 Å². The number of fused-ring (bicyclic) bond motifs is 9. The van der Waals surface area contributed by atoms with Crippen LogP contribution in [0.15, 0.2) is 36.4 Å². The summed E-state index contributed by atoms with van der Waals surface area (Å²) in [5.41, 5.74) is 2.16. The Morgan fingerprint density at radius 2 is 2.17 bits per heavy atom. The van der Waals surface area contributed by atoms with Gasteiger partial charge >= 0.3 is 6.61 Å². The highest BCUT2D eigenvalue weighted by molar-refractivity contribution is 5.97. The summed E-state index contributed by atoms with van der Waals surface area (Å²) in [6.45, 7) is -4.05. The zero-order valence-electron chi connectivity index (χ0n) is 22.3. The third-order valence-corrected chi connectivity index (χ3v) is 7.15. The molecule has 9 heteroatoms. The Bertz CT molecular complexity index is 1510. The summed E-state index contributed by atoms with van der Waals surface area (Å²) in [5, 5.41) is 0. The van der Waals surface area contributed by atoms with Gasteiger partial charge in [0.05, 0.1) is 23.1 Å². The third kappa shape index (κ3) is 3.80. The summed E-state index contributed by atoms with van der Waals surface area (Å²) in [4.78, 5) is 21.0. The second-order valence-corrected chi connectivity index (χ2v) is 9.32. The molecule has 0 saturated carbocycles. The molecule has 0 radical (unpaired) electrons. The number of carbonyl (C=O) groups is 1. The van der Waals surface area contributed by atoms with Gasteiger partial charge in [0, 0.05) is 60.3 Å². The van der Waals surface area contributed by atoms with Crippen molar-refractivity contribution in [1.29, 1.82) is 0 Å². The standard InChI is InChI=1S/C27H25F3N4O2/c1-32-22-14-21(24-18(26(32)35)6-4-7-23(24)36-27(29)30)34-20-13-16(8-9-19(20)31-25(22)34)5-2-3-11-33-12-10-17(28)15-33/h4,6-9,13,17,21-22,27H,3,10-12,14-15H2,1H3/t17-,21-,22-/m1/s1/i1D3. The lowest BCUT2D eigenvalue weighted by Crippen LogP contribution is -2.30. The molecule has 3 atom stereocenters. The molecular formula is C27H25F3N4O2. The number of hydrogen-bond acceptors (Lipinski definition) is 4. The van der Waals surface area contributed by atoms with E-state index in [0.717, 1.165) is 11.4 Å². The van der Waals surface area contributed by atoms with E-state index in [1.165, 1.54) is 18.2 Å². The number of likely N-dealkylation sites (tertiary alicyclic amines) is 1. The fourth-order valence-corrected chi connectivity index (χ4v) is 5.55. The lowest BCUT2D eigenvalue weighted by molar-refractivity contribution is -0.0507. The summed E-state index contributed by atoms with van der Waals surface area (Å²) < 4.78 is 71.0. The van der Waals surface area contributed by atoms with Crippen LogP contribution in [0, 0.1) is 11.8 Å². The number of aromatic nitrogens is 2. The molecule has 4 heterocycles. The van der Waals surface area contributed by atoms with Crippen molar-refractivity contribution in [3.05, 3.63) is 58.9 Å². The van der Waals surface area contributed by atoms with Gasteiger partial charge < -0.3 is 14.2 Å². The quantitative estimate of drug-likeness (QED) is 0.497. The Balaban J connectivity index is 1.43. The lowest BCUT2D eigenvalue weighted by Gasteiger charge is -2.24. The largest absolute Gasteiger partial charge is 0.434 e. The fourth-order valence-electron chi connectivity index (χ4n) is 5.55. The number of alkyl halides is 3. The predicted molar refractivity (Wildman–Crippen MR) is 128 cm³/mol. The molecule has 3 aliphatic rings. The zero-order chi connectivity index (χ0) is 27.5. The molecule has 0 unspecified atom stereocenters. The molecule has 1 aromatic heterocycles. The molecule has 0 spiro atoms. The van der Waals surface area contributed by atoms with E-state index in [4.69, 9.17) is 8.85 Å². The van der Waals surface area contributed by atoms with Gasteiger partial charge in [-0.3, -0.25) is 9.69 Å². The van der Waals surface area contributed by atoms with Crippen LogP contribution in [0.4, 0.5) is 13.2 Å². The van der Waals surface area contributed by atoms with Crippen LogP contribution in [0.25, 0.3) is 11.0 Å². The normalized spacial score (nSPS) is 24.6. The number of rotatable bonds is 4. The zero-order valence-corrected chi connectivity index (χ0v) is 19.3. The van der Waals surface area contributed by atoms with E-state index in [9.17, 15) is 18.0 Å². The summed E-state index contributed by atoms with van der Waals surface area (Å²) in [7, 11) is 0. The second-order valence-electron chi connectivity index (χ2n) is 9.32. The van der Waals surface area contributed by atoms with Crippen LogP contribution in [0.1, 0.15) is 62.8 Å². The minimum atomic E-state index is -3.12. The van der Waals surface area contributed by atoms with Crippen LogP contribution in [0.3, 0.4) is 0 Å². The fraction of sp³-hybridized carbons (Fsp3) is 0.407. The Labute approximate surface area is 210 Å². The van der Waals surface area contributed by atoms with Crippen LogP contribution >= 0.6 is 0 Å². The van der Waals surface area contributed by atoms with Crippen LogP contribution in [0.2, 0.25) is 0 Å². The number of amides is 1. The second kappa shape index (κ2) is 8.86. The monoisotopic (exact) mass is 497 g/mol. The first-order chi connectivity index (χ1) is 18.6. The third-order valence-electron chi connectivity index (χ3n) is 7.15. The van der Waals surface area contributed by atoms with Crippen LogP contribution in [0.5, 0.6) is 5.75 Å². The van der Waals surface area contributed by atoms with Gasteiger partial charge in [-0.2, -0.15) is 8.78 Å². The van der Waals surface area contributed by atoms with Crippen molar-refractivity contribution >= 4 is 16.9 Å². The summed E-state index contributed by atoms with van der Waals surface area (Å²) in [6.07, 6.45) is 0.509. The Hall–Kier alpha value is -3.51. The van der Waals surface area contributed by atoms with Crippen molar-refractivity contribution in [2.75, 3.05) is 26.6 Å². The average molecular weight is 498 g/mol. The van der Waals surface area contributed by atoms with Crippen molar-refractivity contribution in [3.8, 4) is 17.6 Å². The van der Waals surface area contributed by atoms with Crippen molar-refractivity contribution in [1.82, 2.24) is 19.4 Å². The number of nitrogens with zero attached hydrogens (tertiary/aromatic N) is 4. The molecule has 6 rings (SSSR count). The number of hydrogen-bond donors (Lipinski definition) is 0. The highest BCUT2D eigenvalue weighted by Crippen LogP contribution is 2.49. The molecule has 3 aromatic rings. The maximum absolute atomic E-state index is 13.5. The molecule has 1 fully saturated rings. The van der Waals surface area contributed by atoms with E-state index in [1.807, 2.05) is 15.5 Å². The van der Waals surface area contributed by atoms with Gasteiger partial charge in [-0.1, -0.05) is 17.9 Å². The number of imidazole rings is 1. The first-order valence-electron chi connectivity index (χ1n) is 13.4. The molecule has 2 bridgehead atoms. The molecule has 0 N–H and O–H groups in total. The average Bonchev–Trinajstić information content (AvgIpc) is 3.52. The molecule has 3 aliphatic heterocycles. The molecule has 186 valence electrons. The molecule has 1 saturated heterocycles. The first-order valence-corrected chi connectivity index (χ1v) is 11.9. The van der Waals surface area contributed by atoms with Gasteiger partial charge in [0.2, 0.25) is 0 Å². The van der Waals surface area contributed by atoms with Gasteiger partial charge in [-0.25, -0.2) is 9.37 Å². The SMILES string of the molecule is [2H]C([2H])([2H])N1C(=O)c2cccc(OC(F)F)c2[C@H]2C[C@@H]1c1nc3ccc(C#CCCN4CC[C@@H](F)C4)cc3n12. The lowest BCUT2D eigenvalue weighted by atomic mass is 9.97. The highest BCUT2D eigenvalue weighted by Gasteiger charge is 2.45. The maximum Gasteiger partial charge on any atom is 0.387 e. The Kier molecular flexibility index (Phi) is 4.84. The van der Waals surface area contributed by atoms with Gasteiger partial charge in [0.15, 0.2) is 0 Å². The number of ether oxygens (including phenoxy) is 1. The van der Waals surface area contributed by atoms with Crippen molar-refractivity contribution in [2.24, 2.45) is 0 Å². The van der Waals surface area contributed by atoms with Gasteiger partial charge in [-0.05, 0) is 36.8 Å². The van der Waals surface area contributed by atoms with Gasteiger partial charge in [-0.15, -0.1) is 0 Å². The van der Waals surface area contributed by atoms with Crippen LogP contribution in [-0.2, 0) is 0 Å². The maximum atomic E-state index is 13.5. The number of halogens is 3. The summed E-state index contributed by atoms with van der Waals surface area (Å²) >= 11 is 0. The van der Waals surface area contributed by atoms with Crippen LogP contribution in [-0.4, -0.2) is 64.7 Å². The molecule has 2 aromatic carbocycles. The Morgan fingerprint density at radius 1 is 1.28 bits per heavy atom. The van der Waals surface area contributed by atoms with Crippen LogP contribution < -0.4 is 4.74 Å². The number of benzene rings is 2. The first kappa shape index (κ1) is 19.7. The minimum Gasteiger partial charge on any atom is -0.434 e. The molecular weight excluding hydrogens is 469 g/mol. The van der Waals surface area contributed by atoms with Crippen molar-refractivity contribution in [2.45, 2.75) is 44.1 Å². The summed E-state index contributed by atoms with van der Waals surface area (Å²) in [5.74, 6) is 5.68. The molecule has 36 heavy (non-hydrogen) atoms. The highest BCUT2D eigenvalue weighted by atomic mass is 19.3. The van der Waals surface area contributed by atoms with Gasteiger partial charge in [0.1, 0.15) is 17.7 Å². The number of carbonyl (C=O) groups excluding carboxylic acids is 1. The topological polar surface area (TPSA) is 50.6 Å². The van der Waals surface area contributed by atoms with Crippen molar-refractivity contribution in [3.63, 3.8) is 0 Å². The van der Waals surface area contributed by atoms with E-state index in [2.05, 4.69) is 16.8 Å². The Morgan fingerprint density at radius 3 is 2.94 bits per heavy atom. The smallest absolute Gasteiger partial charge is 0.387 e. The minimum absolute atomic E-state index is 0.0117. The van der Waals surface area contributed by atoms with Gasteiger partial charge in [0.25, 0.3) is 5.91 Å². The van der Waals surface area contributed by atoms with E-state index >= 15 is 0 Å². The van der Waals surface area contributed by atoms with Crippen molar-refractivity contribution < 1.29 is 26.8 Å². The molecule has 0 aliphatic carbocycles. The predicted octanol–water partition coefficient (Wildman–Crippen LogP) is 4.54.